The first-order chi connectivity index (χ1) is 10.1. The zero-order chi connectivity index (χ0) is 15.3. The normalized spacial score (nSPS) is 11.9. The molecule has 1 heterocycles. The molecule has 1 aromatic heterocycles. The van der Waals surface area contributed by atoms with E-state index in [0.717, 1.165) is 11.1 Å². The maximum atomic E-state index is 12.4. The summed E-state index contributed by atoms with van der Waals surface area (Å²) < 4.78 is 22.9. The molecule has 0 radical (unpaired) electrons. The number of H-pyrrole nitrogens is 1. The molecule has 2 aromatic rings. The standard InChI is InChI=1S/C15H20NO4P/c1-3-19-21(18,20-4-2)10-9-13-11-12-7-5-6-8-14(12)15(17)16-13/h5-8,11H,3-4,9-10H2,1-2H3,(H,16,17). The highest BCUT2D eigenvalue weighted by Gasteiger charge is 2.23. The van der Waals surface area contributed by atoms with Gasteiger partial charge in [-0.2, -0.15) is 0 Å². The lowest BCUT2D eigenvalue weighted by Crippen LogP contribution is -2.11. The summed E-state index contributed by atoms with van der Waals surface area (Å²) in [6.45, 7) is 4.24. The second-order valence-electron chi connectivity index (χ2n) is 4.63. The van der Waals surface area contributed by atoms with Gasteiger partial charge in [0.1, 0.15) is 0 Å². The molecule has 21 heavy (non-hydrogen) atoms. The molecular formula is C15H20NO4P. The highest BCUT2D eigenvalue weighted by molar-refractivity contribution is 7.53. The SMILES string of the molecule is CCOP(=O)(CCc1cc2ccccc2c(=O)[nH]1)OCC. The van der Waals surface area contributed by atoms with E-state index in [4.69, 9.17) is 9.05 Å². The minimum Gasteiger partial charge on any atom is -0.326 e. The zero-order valence-corrected chi connectivity index (χ0v) is 13.2. The fraction of sp³-hybridized carbons (Fsp3) is 0.400. The molecule has 0 bridgehead atoms. The number of rotatable bonds is 7. The minimum atomic E-state index is -3.08. The molecule has 0 amide bonds. The first-order valence-corrected chi connectivity index (χ1v) is 8.80. The summed E-state index contributed by atoms with van der Waals surface area (Å²) in [6, 6.07) is 9.29. The van der Waals surface area contributed by atoms with Gasteiger partial charge in [0, 0.05) is 11.1 Å². The molecule has 0 saturated carbocycles. The number of hydrogen-bond donors (Lipinski definition) is 1. The van der Waals surface area contributed by atoms with Crippen LogP contribution in [0, 0.1) is 0 Å². The van der Waals surface area contributed by atoms with Gasteiger partial charge in [-0.05, 0) is 37.8 Å². The van der Waals surface area contributed by atoms with E-state index in [9.17, 15) is 9.36 Å². The summed E-state index contributed by atoms with van der Waals surface area (Å²) in [6.07, 6.45) is 0.695. The van der Waals surface area contributed by atoms with Gasteiger partial charge >= 0.3 is 7.60 Å². The van der Waals surface area contributed by atoms with Gasteiger partial charge in [-0.25, -0.2) is 0 Å². The highest BCUT2D eigenvalue weighted by Crippen LogP contribution is 2.48. The topological polar surface area (TPSA) is 68.4 Å². The van der Waals surface area contributed by atoms with Crippen molar-refractivity contribution in [1.29, 1.82) is 0 Å². The Morgan fingerprint density at radius 1 is 1.14 bits per heavy atom. The monoisotopic (exact) mass is 309 g/mol. The molecule has 0 saturated heterocycles. The van der Waals surface area contributed by atoms with Crippen molar-refractivity contribution < 1.29 is 13.6 Å². The van der Waals surface area contributed by atoms with Crippen LogP contribution >= 0.6 is 7.60 Å². The Kier molecular flexibility index (Phi) is 5.34. The number of fused-ring (bicyclic) bond motifs is 1. The van der Waals surface area contributed by atoms with Crippen molar-refractivity contribution in [1.82, 2.24) is 4.98 Å². The van der Waals surface area contributed by atoms with Crippen molar-refractivity contribution >= 4 is 18.4 Å². The van der Waals surface area contributed by atoms with Crippen molar-refractivity contribution in [2.24, 2.45) is 0 Å². The summed E-state index contributed by atoms with van der Waals surface area (Å²) in [4.78, 5) is 14.8. The average Bonchev–Trinajstić information content (AvgIpc) is 2.46. The van der Waals surface area contributed by atoms with Crippen LogP contribution in [0.5, 0.6) is 0 Å². The van der Waals surface area contributed by atoms with Crippen LogP contribution in [-0.4, -0.2) is 24.4 Å². The molecule has 0 aliphatic carbocycles. The quantitative estimate of drug-likeness (QED) is 0.796. The van der Waals surface area contributed by atoms with Gasteiger partial charge in [-0.15, -0.1) is 0 Å². The maximum absolute atomic E-state index is 12.4. The number of aromatic nitrogens is 1. The van der Waals surface area contributed by atoms with Crippen LogP contribution in [0.3, 0.4) is 0 Å². The van der Waals surface area contributed by atoms with Gasteiger partial charge in [-0.3, -0.25) is 9.36 Å². The third kappa shape index (κ3) is 4.03. The van der Waals surface area contributed by atoms with E-state index in [1.807, 2.05) is 24.3 Å². The van der Waals surface area contributed by atoms with Crippen LogP contribution in [0.2, 0.25) is 0 Å². The fourth-order valence-corrected chi connectivity index (χ4v) is 3.85. The third-order valence-corrected chi connectivity index (χ3v) is 5.19. The molecule has 5 nitrogen and oxygen atoms in total. The van der Waals surface area contributed by atoms with Crippen molar-refractivity contribution in [3.63, 3.8) is 0 Å². The lowest BCUT2D eigenvalue weighted by molar-refractivity contribution is 0.220. The van der Waals surface area contributed by atoms with Gasteiger partial charge in [0.05, 0.1) is 19.4 Å². The van der Waals surface area contributed by atoms with E-state index in [-0.39, 0.29) is 11.7 Å². The molecule has 2 rings (SSSR count). The van der Waals surface area contributed by atoms with Crippen LogP contribution in [0.1, 0.15) is 19.5 Å². The third-order valence-electron chi connectivity index (χ3n) is 3.12. The van der Waals surface area contributed by atoms with Crippen LogP contribution < -0.4 is 5.56 Å². The number of aryl methyl sites for hydroxylation is 1. The van der Waals surface area contributed by atoms with Crippen LogP contribution in [0.25, 0.3) is 10.8 Å². The van der Waals surface area contributed by atoms with Gasteiger partial charge in [0.2, 0.25) is 0 Å². The van der Waals surface area contributed by atoms with Crippen molar-refractivity contribution in [2.45, 2.75) is 20.3 Å². The van der Waals surface area contributed by atoms with E-state index >= 15 is 0 Å². The second-order valence-corrected chi connectivity index (χ2v) is 6.82. The number of aromatic amines is 1. The smallest absolute Gasteiger partial charge is 0.326 e. The van der Waals surface area contributed by atoms with Gasteiger partial charge < -0.3 is 14.0 Å². The highest BCUT2D eigenvalue weighted by atomic mass is 31.2. The second kappa shape index (κ2) is 7.03. The van der Waals surface area contributed by atoms with E-state index < -0.39 is 7.60 Å². The summed E-state index contributed by atoms with van der Waals surface area (Å²) in [5.41, 5.74) is 0.601. The van der Waals surface area contributed by atoms with Crippen molar-refractivity contribution in [3.8, 4) is 0 Å². The fourth-order valence-electron chi connectivity index (χ4n) is 2.22. The lowest BCUT2D eigenvalue weighted by atomic mass is 10.1. The Hall–Kier alpha value is -1.42. The molecule has 1 aromatic carbocycles. The number of pyridine rings is 1. The molecule has 114 valence electrons. The largest absolute Gasteiger partial charge is 0.331 e. The van der Waals surface area contributed by atoms with Crippen LogP contribution in [0.15, 0.2) is 35.1 Å². The Bertz CT molecular complexity index is 700. The molecule has 0 fully saturated rings. The molecule has 0 atom stereocenters. The van der Waals surface area contributed by atoms with Gasteiger partial charge in [-0.1, -0.05) is 18.2 Å². The molecule has 1 N–H and O–H groups in total. The molecule has 0 spiro atoms. The van der Waals surface area contributed by atoms with Gasteiger partial charge in [0.25, 0.3) is 5.56 Å². The molecular weight excluding hydrogens is 289 g/mol. The lowest BCUT2D eigenvalue weighted by Gasteiger charge is -2.16. The maximum Gasteiger partial charge on any atom is 0.331 e. The summed E-state index contributed by atoms with van der Waals surface area (Å²) in [5.74, 6) is 0. The Morgan fingerprint density at radius 3 is 2.48 bits per heavy atom. The number of hydrogen-bond acceptors (Lipinski definition) is 4. The van der Waals surface area contributed by atoms with Gasteiger partial charge in [0.15, 0.2) is 0 Å². The van der Waals surface area contributed by atoms with E-state index in [1.165, 1.54) is 0 Å². The molecule has 0 unspecified atom stereocenters. The Morgan fingerprint density at radius 2 is 1.81 bits per heavy atom. The Labute approximate surface area is 123 Å². The minimum absolute atomic E-state index is 0.134. The van der Waals surface area contributed by atoms with Crippen LogP contribution in [0.4, 0.5) is 0 Å². The summed E-state index contributed by atoms with van der Waals surface area (Å²) in [5, 5.41) is 1.53. The van der Waals surface area contributed by atoms with Crippen molar-refractivity contribution in [3.05, 3.63) is 46.4 Å². The first-order valence-electron chi connectivity index (χ1n) is 7.07. The molecule has 0 aliphatic rings. The van der Waals surface area contributed by atoms with E-state index in [1.54, 1.807) is 19.9 Å². The zero-order valence-electron chi connectivity index (χ0n) is 12.3. The predicted molar refractivity (Wildman–Crippen MR) is 84.0 cm³/mol. The Balaban J connectivity index is 2.20. The first kappa shape index (κ1) is 16.0. The van der Waals surface area contributed by atoms with E-state index in [2.05, 4.69) is 4.98 Å². The predicted octanol–water partition coefficient (Wildman–Crippen LogP) is 3.34. The number of nitrogens with one attached hydrogen (secondary N) is 1. The molecule has 6 heteroatoms. The summed E-state index contributed by atoms with van der Waals surface area (Å²) >= 11 is 0. The summed E-state index contributed by atoms with van der Waals surface area (Å²) in [7, 11) is -3.08. The number of benzene rings is 1. The molecule has 0 aliphatic heterocycles. The van der Waals surface area contributed by atoms with Crippen LogP contribution in [-0.2, 0) is 20.0 Å². The average molecular weight is 309 g/mol. The van der Waals surface area contributed by atoms with E-state index in [0.29, 0.717) is 25.0 Å². The van der Waals surface area contributed by atoms with Crippen molar-refractivity contribution in [2.75, 3.05) is 19.4 Å².